The van der Waals surface area contributed by atoms with Crippen LogP contribution in [0.5, 0.6) is 5.75 Å². The highest BCUT2D eigenvalue weighted by Crippen LogP contribution is 2.23. The van der Waals surface area contributed by atoms with E-state index in [0.717, 1.165) is 22.8 Å². The number of methoxy groups -OCH3 is 1. The molecule has 1 heterocycles. The largest absolute Gasteiger partial charge is 0.497 e. The molecule has 1 aromatic heterocycles. The van der Waals surface area contributed by atoms with Gasteiger partial charge in [0.15, 0.2) is 6.61 Å². The predicted octanol–water partition coefficient (Wildman–Crippen LogP) is 4.80. The second-order valence-corrected chi connectivity index (χ2v) is 6.76. The van der Waals surface area contributed by atoms with Gasteiger partial charge in [-0.25, -0.2) is 4.79 Å². The van der Waals surface area contributed by atoms with Gasteiger partial charge in [-0.1, -0.05) is 11.6 Å². The van der Waals surface area contributed by atoms with Crippen LogP contribution in [0.15, 0.2) is 54.6 Å². The summed E-state index contributed by atoms with van der Waals surface area (Å²) in [5.74, 6) is -0.0548. The van der Waals surface area contributed by atoms with Crippen LogP contribution in [0.3, 0.4) is 0 Å². The van der Waals surface area contributed by atoms with E-state index in [9.17, 15) is 9.59 Å². The number of ether oxygens (including phenoxy) is 2. The van der Waals surface area contributed by atoms with Gasteiger partial charge in [0.2, 0.25) is 5.78 Å². The van der Waals surface area contributed by atoms with Gasteiger partial charge in [-0.3, -0.25) is 4.79 Å². The van der Waals surface area contributed by atoms with E-state index in [0.29, 0.717) is 16.1 Å². The van der Waals surface area contributed by atoms with Gasteiger partial charge >= 0.3 is 5.97 Å². The molecule has 28 heavy (non-hydrogen) atoms. The lowest BCUT2D eigenvalue weighted by Gasteiger charge is -2.11. The number of esters is 1. The highest BCUT2D eigenvalue weighted by Gasteiger charge is 2.18. The van der Waals surface area contributed by atoms with E-state index in [-0.39, 0.29) is 12.4 Å². The first-order valence-electron chi connectivity index (χ1n) is 8.70. The number of aryl methyl sites for hydroxylation is 1. The van der Waals surface area contributed by atoms with Crippen molar-refractivity contribution >= 4 is 23.4 Å². The number of aromatic nitrogens is 1. The first kappa shape index (κ1) is 19.7. The summed E-state index contributed by atoms with van der Waals surface area (Å²) >= 11 is 5.81. The number of rotatable bonds is 6. The van der Waals surface area contributed by atoms with Gasteiger partial charge in [0.1, 0.15) is 5.75 Å². The summed E-state index contributed by atoms with van der Waals surface area (Å²) in [5, 5.41) is 0.526. The lowest BCUT2D eigenvalue weighted by Crippen LogP contribution is -2.15. The van der Waals surface area contributed by atoms with Crippen molar-refractivity contribution in [2.45, 2.75) is 13.8 Å². The number of ketones is 1. The molecule has 0 atom stereocenters. The summed E-state index contributed by atoms with van der Waals surface area (Å²) in [6, 6.07) is 15.7. The van der Waals surface area contributed by atoms with Crippen LogP contribution in [0.25, 0.3) is 5.69 Å². The molecule has 2 aromatic carbocycles. The zero-order chi connectivity index (χ0) is 20.3. The molecule has 0 spiro atoms. The summed E-state index contributed by atoms with van der Waals surface area (Å²) < 4.78 is 12.3. The Labute approximate surface area is 168 Å². The lowest BCUT2D eigenvalue weighted by molar-refractivity contribution is 0.0474. The molecule has 0 fully saturated rings. The highest BCUT2D eigenvalue weighted by atomic mass is 35.5. The minimum Gasteiger partial charge on any atom is -0.497 e. The van der Waals surface area contributed by atoms with Crippen molar-refractivity contribution < 1.29 is 19.1 Å². The average Bonchev–Trinajstić information content (AvgIpc) is 3.00. The van der Waals surface area contributed by atoms with Crippen LogP contribution >= 0.6 is 11.6 Å². The third kappa shape index (κ3) is 4.10. The Hall–Kier alpha value is -3.05. The van der Waals surface area contributed by atoms with Gasteiger partial charge in [0, 0.05) is 27.7 Å². The minimum absolute atomic E-state index is 0.254. The predicted molar refractivity (Wildman–Crippen MR) is 108 cm³/mol. The van der Waals surface area contributed by atoms with Crippen molar-refractivity contribution in [3.8, 4) is 11.4 Å². The van der Waals surface area contributed by atoms with Crippen LogP contribution in [0.1, 0.15) is 32.1 Å². The Kier molecular flexibility index (Phi) is 5.85. The second kappa shape index (κ2) is 8.31. The molecule has 0 aliphatic carbocycles. The third-order valence-corrected chi connectivity index (χ3v) is 4.73. The zero-order valence-corrected chi connectivity index (χ0v) is 16.6. The molecular weight excluding hydrogens is 378 g/mol. The van der Waals surface area contributed by atoms with Gasteiger partial charge < -0.3 is 14.0 Å². The minimum atomic E-state index is -0.561. The molecule has 0 aliphatic heterocycles. The third-order valence-electron chi connectivity index (χ3n) is 4.48. The molecule has 3 aromatic rings. The van der Waals surface area contributed by atoms with E-state index < -0.39 is 5.97 Å². The molecule has 0 bridgehead atoms. The topological polar surface area (TPSA) is 57.5 Å². The van der Waals surface area contributed by atoms with Gasteiger partial charge in [0.25, 0.3) is 0 Å². The number of hydrogen-bond acceptors (Lipinski definition) is 4. The van der Waals surface area contributed by atoms with E-state index in [2.05, 4.69) is 0 Å². The maximum atomic E-state index is 12.6. The normalized spacial score (nSPS) is 10.6. The van der Waals surface area contributed by atoms with E-state index >= 15 is 0 Å². The molecule has 0 saturated heterocycles. The average molecular weight is 398 g/mol. The molecule has 0 amide bonds. The maximum Gasteiger partial charge on any atom is 0.338 e. The number of halogens is 1. The van der Waals surface area contributed by atoms with Gasteiger partial charge in [-0.15, -0.1) is 0 Å². The Morgan fingerprint density at radius 2 is 1.64 bits per heavy atom. The Balaban J connectivity index is 1.75. The van der Waals surface area contributed by atoms with Crippen molar-refractivity contribution in [3.05, 3.63) is 82.1 Å². The standard InChI is InChI=1S/C22H20ClNO4/c1-14-12-20(15(2)24(14)18-8-10-19(27-3)11-9-18)21(25)13-28-22(26)16-4-6-17(23)7-5-16/h4-12H,13H2,1-3H3. The fraction of sp³-hybridized carbons (Fsp3) is 0.182. The van der Waals surface area contributed by atoms with Crippen LogP contribution < -0.4 is 4.74 Å². The van der Waals surface area contributed by atoms with Crippen molar-refractivity contribution in [1.29, 1.82) is 0 Å². The number of carbonyl (C=O) groups is 2. The Morgan fingerprint density at radius 3 is 2.25 bits per heavy atom. The van der Waals surface area contributed by atoms with Crippen molar-refractivity contribution in [2.24, 2.45) is 0 Å². The smallest absolute Gasteiger partial charge is 0.338 e. The fourth-order valence-electron chi connectivity index (χ4n) is 3.05. The molecule has 0 N–H and O–H groups in total. The zero-order valence-electron chi connectivity index (χ0n) is 15.9. The SMILES string of the molecule is COc1ccc(-n2c(C)cc(C(=O)COC(=O)c3ccc(Cl)cc3)c2C)cc1. The monoisotopic (exact) mass is 397 g/mol. The van der Waals surface area contributed by atoms with Crippen LogP contribution in [0, 0.1) is 13.8 Å². The summed E-state index contributed by atoms with van der Waals surface area (Å²) in [7, 11) is 1.61. The Morgan fingerprint density at radius 1 is 1.00 bits per heavy atom. The first-order chi connectivity index (χ1) is 13.4. The van der Waals surface area contributed by atoms with Crippen LogP contribution in [-0.4, -0.2) is 30.0 Å². The molecule has 0 aliphatic rings. The molecule has 3 rings (SSSR count). The quantitative estimate of drug-likeness (QED) is 0.443. The molecule has 0 radical (unpaired) electrons. The fourth-order valence-corrected chi connectivity index (χ4v) is 3.18. The summed E-state index contributed by atoms with van der Waals surface area (Å²) in [4.78, 5) is 24.7. The number of Topliss-reactive ketones (excluding diaryl/α,β-unsaturated/α-hetero) is 1. The van der Waals surface area contributed by atoms with Crippen molar-refractivity contribution in [1.82, 2.24) is 4.57 Å². The van der Waals surface area contributed by atoms with Crippen molar-refractivity contribution in [2.75, 3.05) is 13.7 Å². The molecule has 0 saturated carbocycles. The molecule has 5 nitrogen and oxygen atoms in total. The van der Waals surface area contributed by atoms with Gasteiger partial charge in [-0.05, 0) is 68.4 Å². The number of nitrogens with zero attached hydrogens (tertiary/aromatic N) is 1. The van der Waals surface area contributed by atoms with Crippen molar-refractivity contribution in [3.63, 3.8) is 0 Å². The lowest BCUT2D eigenvalue weighted by atomic mass is 10.1. The number of carbonyl (C=O) groups excluding carboxylic acids is 2. The van der Waals surface area contributed by atoms with Gasteiger partial charge in [-0.2, -0.15) is 0 Å². The van der Waals surface area contributed by atoms with E-state index in [1.807, 2.05) is 42.7 Å². The molecular formula is C22H20ClNO4. The van der Waals surface area contributed by atoms with Crippen LogP contribution in [0.4, 0.5) is 0 Å². The summed E-state index contributed by atoms with van der Waals surface area (Å²) in [5.41, 5.74) is 3.50. The molecule has 6 heteroatoms. The van der Waals surface area contributed by atoms with Gasteiger partial charge in [0.05, 0.1) is 12.7 Å². The molecule has 0 unspecified atom stereocenters. The second-order valence-electron chi connectivity index (χ2n) is 6.32. The Bertz CT molecular complexity index is 1000. The maximum absolute atomic E-state index is 12.6. The highest BCUT2D eigenvalue weighted by molar-refractivity contribution is 6.30. The number of benzene rings is 2. The first-order valence-corrected chi connectivity index (χ1v) is 9.07. The van der Waals surface area contributed by atoms with Crippen LogP contribution in [0.2, 0.25) is 5.02 Å². The van der Waals surface area contributed by atoms with E-state index in [1.54, 1.807) is 37.4 Å². The summed E-state index contributed by atoms with van der Waals surface area (Å²) in [6.45, 7) is 3.47. The van der Waals surface area contributed by atoms with E-state index in [4.69, 9.17) is 21.1 Å². The van der Waals surface area contributed by atoms with E-state index in [1.165, 1.54) is 0 Å². The number of hydrogen-bond donors (Lipinski definition) is 0. The van der Waals surface area contributed by atoms with Crippen LogP contribution in [-0.2, 0) is 4.74 Å². The summed E-state index contributed by atoms with van der Waals surface area (Å²) in [6.07, 6.45) is 0. The molecule has 144 valence electrons.